The Balaban J connectivity index is 1.50. The van der Waals surface area contributed by atoms with E-state index in [1.165, 1.54) is 44.9 Å². The number of carbonyl (C=O) groups excluding carboxylic acids is 1. The molecule has 1 aliphatic rings. The van der Waals surface area contributed by atoms with Crippen LogP contribution in [0.25, 0.3) is 0 Å². The summed E-state index contributed by atoms with van der Waals surface area (Å²) >= 11 is 3.46. The van der Waals surface area contributed by atoms with Gasteiger partial charge in [-0.3, -0.25) is 4.79 Å². The number of benzene rings is 2. The van der Waals surface area contributed by atoms with Gasteiger partial charge in [0.25, 0.3) is 5.91 Å². The van der Waals surface area contributed by atoms with Gasteiger partial charge in [0.1, 0.15) is 11.5 Å². The van der Waals surface area contributed by atoms with E-state index < -0.39 is 0 Å². The first kappa shape index (κ1) is 24.6. The molecule has 3 rings (SSSR count). The molecule has 0 heterocycles. The lowest BCUT2D eigenvalue weighted by Crippen LogP contribution is -2.14. The van der Waals surface area contributed by atoms with E-state index in [2.05, 4.69) is 28.2 Å². The third-order valence-electron chi connectivity index (χ3n) is 6.07. The zero-order chi connectivity index (χ0) is 22.6. The van der Waals surface area contributed by atoms with Gasteiger partial charge in [0.15, 0.2) is 0 Å². The Morgan fingerprint density at radius 3 is 2.50 bits per heavy atom. The van der Waals surface area contributed by atoms with Crippen LogP contribution >= 0.6 is 15.9 Å². The molecule has 1 saturated carbocycles. The minimum absolute atomic E-state index is 0.180. The second-order valence-corrected chi connectivity index (χ2v) is 9.58. The van der Waals surface area contributed by atoms with Crippen LogP contribution in [0.4, 0.5) is 5.69 Å². The Kier molecular flexibility index (Phi) is 10.4. The minimum Gasteiger partial charge on any atom is -0.494 e. The smallest absolute Gasteiger partial charge is 0.259 e. The van der Waals surface area contributed by atoms with Crippen LogP contribution in [-0.2, 0) is 0 Å². The maximum absolute atomic E-state index is 12.9. The normalized spacial score (nSPS) is 14.2. The van der Waals surface area contributed by atoms with Gasteiger partial charge >= 0.3 is 0 Å². The lowest BCUT2D eigenvalue weighted by molar-refractivity contribution is 0.102. The molecule has 1 fully saturated rings. The van der Waals surface area contributed by atoms with E-state index in [0.29, 0.717) is 17.9 Å². The molecule has 174 valence electrons. The van der Waals surface area contributed by atoms with Gasteiger partial charge in [-0.15, -0.1) is 0 Å². The molecule has 2 aromatic carbocycles. The first-order valence-corrected chi connectivity index (χ1v) is 12.9. The summed E-state index contributed by atoms with van der Waals surface area (Å²) in [6.07, 6.45) is 12.5. The van der Waals surface area contributed by atoms with Crippen molar-refractivity contribution in [2.24, 2.45) is 5.92 Å². The largest absolute Gasteiger partial charge is 0.494 e. The first-order valence-electron chi connectivity index (χ1n) is 12.1. The quantitative estimate of drug-likeness (QED) is 0.299. The fraction of sp³-hybridized carbons (Fsp3) is 0.519. The molecule has 2 aromatic rings. The van der Waals surface area contributed by atoms with Crippen LogP contribution in [0.2, 0.25) is 0 Å². The molecule has 1 N–H and O–H groups in total. The highest BCUT2D eigenvalue weighted by Crippen LogP contribution is 2.27. The highest BCUT2D eigenvalue weighted by atomic mass is 79.9. The van der Waals surface area contributed by atoms with E-state index in [0.717, 1.165) is 47.7 Å². The number of rotatable bonds is 12. The molecule has 5 heteroatoms. The molecule has 0 aliphatic heterocycles. The summed E-state index contributed by atoms with van der Waals surface area (Å²) in [6, 6.07) is 13.2. The van der Waals surface area contributed by atoms with Crippen molar-refractivity contribution in [1.29, 1.82) is 0 Å². The molecule has 0 saturated heterocycles. The molecule has 32 heavy (non-hydrogen) atoms. The summed E-state index contributed by atoms with van der Waals surface area (Å²) < 4.78 is 12.7. The zero-order valence-corrected chi connectivity index (χ0v) is 20.8. The Bertz CT molecular complexity index is 831. The number of hydrogen-bond acceptors (Lipinski definition) is 3. The second kappa shape index (κ2) is 13.5. The van der Waals surface area contributed by atoms with Crippen molar-refractivity contribution >= 4 is 27.5 Å². The Morgan fingerprint density at radius 1 is 0.969 bits per heavy atom. The SMILES string of the molecule is CCCCCCOc1ccc(Br)cc1C(=O)Nc1ccc(OCCC2CCCCC2)cc1. The van der Waals surface area contributed by atoms with Gasteiger partial charge in [-0.25, -0.2) is 0 Å². The predicted octanol–water partition coefficient (Wildman–Crippen LogP) is 8.01. The molecule has 0 bridgehead atoms. The Labute approximate surface area is 201 Å². The number of hydrogen-bond donors (Lipinski definition) is 1. The van der Waals surface area contributed by atoms with Gasteiger partial charge in [-0.2, -0.15) is 0 Å². The maximum atomic E-state index is 12.9. The number of unbranched alkanes of at least 4 members (excludes halogenated alkanes) is 3. The predicted molar refractivity (Wildman–Crippen MR) is 135 cm³/mol. The van der Waals surface area contributed by atoms with Crippen molar-refractivity contribution in [3.05, 3.63) is 52.5 Å². The van der Waals surface area contributed by atoms with Crippen LogP contribution < -0.4 is 14.8 Å². The van der Waals surface area contributed by atoms with Gasteiger partial charge in [0.05, 0.1) is 18.8 Å². The van der Waals surface area contributed by atoms with E-state index >= 15 is 0 Å². The van der Waals surface area contributed by atoms with Crippen molar-refractivity contribution in [2.45, 2.75) is 71.1 Å². The average Bonchev–Trinajstić information content (AvgIpc) is 2.81. The molecular weight excluding hydrogens is 466 g/mol. The number of amides is 1. The van der Waals surface area contributed by atoms with Crippen molar-refractivity contribution in [1.82, 2.24) is 0 Å². The van der Waals surface area contributed by atoms with Crippen LogP contribution in [0.1, 0.15) is 81.5 Å². The summed E-state index contributed by atoms with van der Waals surface area (Å²) in [5.41, 5.74) is 1.27. The third-order valence-corrected chi connectivity index (χ3v) is 6.57. The van der Waals surface area contributed by atoms with Crippen molar-refractivity contribution in [3.8, 4) is 11.5 Å². The van der Waals surface area contributed by atoms with Crippen LogP contribution in [-0.4, -0.2) is 19.1 Å². The molecule has 0 atom stereocenters. The van der Waals surface area contributed by atoms with E-state index in [1.54, 1.807) is 6.07 Å². The molecule has 1 aliphatic carbocycles. The Hall–Kier alpha value is -2.01. The monoisotopic (exact) mass is 501 g/mol. The molecule has 1 amide bonds. The van der Waals surface area contributed by atoms with E-state index in [1.807, 2.05) is 36.4 Å². The third kappa shape index (κ3) is 8.16. The highest BCUT2D eigenvalue weighted by Gasteiger charge is 2.15. The van der Waals surface area contributed by atoms with E-state index in [9.17, 15) is 4.79 Å². The van der Waals surface area contributed by atoms with Gasteiger partial charge in [0, 0.05) is 10.2 Å². The molecule has 4 nitrogen and oxygen atoms in total. The van der Waals surface area contributed by atoms with Gasteiger partial charge < -0.3 is 14.8 Å². The standard InChI is InChI=1S/C27H36BrNO3/c1-2-3-4-8-18-32-26-16-11-22(28)20-25(26)27(30)29-23-12-14-24(15-13-23)31-19-17-21-9-6-5-7-10-21/h11-16,20-21H,2-10,17-19H2,1H3,(H,29,30). The number of halogens is 1. The molecule has 0 unspecified atom stereocenters. The average molecular weight is 502 g/mol. The highest BCUT2D eigenvalue weighted by molar-refractivity contribution is 9.10. The summed E-state index contributed by atoms with van der Waals surface area (Å²) in [6.45, 7) is 3.57. The van der Waals surface area contributed by atoms with Crippen molar-refractivity contribution in [3.63, 3.8) is 0 Å². The number of ether oxygens (including phenoxy) is 2. The topological polar surface area (TPSA) is 47.6 Å². The number of nitrogens with one attached hydrogen (secondary N) is 1. The van der Waals surface area contributed by atoms with Crippen LogP contribution in [0.3, 0.4) is 0 Å². The van der Waals surface area contributed by atoms with Crippen molar-refractivity contribution < 1.29 is 14.3 Å². The van der Waals surface area contributed by atoms with Crippen LogP contribution in [0.15, 0.2) is 46.9 Å². The van der Waals surface area contributed by atoms with Gasteiger partial charge in [-0.05, 0) is 61.2 Å². The van der Waals surface area contributed by atoms with Gasteiger partial charge in [-0.1, -0.05) is 74.2 Å². The Morgan fingerprint density at radius 2 is 1.75 bits per heavy atom. The summed E-state index contributed by atoms with van der Waals surface area (Å²) in [4.78, 5) is 12.9. The van der Waals surface area contributed by atoms with E-state index in [4.69, 9.17) is 9.47 Å². The summed E-state index contributed by atoms with van der Waals surface area (Å²) in [5.74, 6) is 2.10. The number of carbonyl (C=O) groups is 1. The number of anilines is 1. The minimum atomic E-state index is -0.180. The lowest BCUT2D eigenvalue weighted by Gasteiger charge is -2.21. The van der Waals surface area contributed by atoms with Crippen molar-refractivity contribution in [2.75, 3.05) is 18.5 Å². The molecule has 0 aromatic heterocycles. The fourth-order valence-corrected chi connectivity index (χ4v) is 4.53. The van der Waals surface area contributed by atoms with E-state index in [-0.39, 0.29) is 5.91 Å². The van der Waals surface area contributed by atoms with Crippen LogP contribution in [0, 0.1) is 5.92 Å². The van der Waals surface area contributed by atoms with Crippen LogP contribution in [0.5, 0.6) is 11.5 Å². The first-order chi connectivity index (χ1) is 15.7. The lowest BCUT2D eigenvalue weighted by atomic mass is 9.87. The summed E-state index contributed by atoms with van der Waals surface area (Å²) in [5, 5.41) is 2.98. The fourth-order valence-electron chi connectivity index (χ4n) is 4.17. The van der Waals surface area contributed by atoms with Gasteiger partial charge in [0.2, 0.25) is 0 Å². The zero-order valence-electron chi connectivity index (χ0n) is 19.2. The molecule has 0 spiro atoms. The molecule has 0 radical (unpaired) electrons. The molecular formula is C27H36BrNO3. The maximum Gasteiger partial charge on any atom is 0.259 e. The summed E-state index contributed by atoms with van der Waals surface area (Å²) in [7, 11) is 0. The second-order valence-electron chi connectivity index (χ2n) is 8.67.